The van der Waals surface area contributed by atoms with Crippen molar-refractivity contribution in [3.05, 3.63) is 65.7 Å². The van der Waals surface area contributed by atoms with Crippen LogP contribution in [0.2, 0.25) is 0 Å². The zero-order chi connectivity index (χ0) is 18.2. The quantitative estimate of drug-likeness (QED) is 0.572. The van der Waals surface area contributed by atoms with E-state index in [0.717, 1.165) is 40.2 Å². The Balaban J connectivity index is 2.22. The average molecular weight is 336 g/mol. The molecule has 3 aromatic rings. The summed E-state index contributed by atoms with van der Waals surface area (Å²) in [7, 11) is 0. The fourth-order valence-corrected chi connectivity index (χ4v) is 3.35. The smallest absolute Gasteiger partial charge is 0.140 e. The molecule has 0 saturated carbocycles. The van der Waals surface area contributed by atoms with Gasteiger partial charge in [0.1, 0.15) is 11.6 Å². The summed E-state index contributed by atoms with van der Waals surface area (Å²) in [4.78, 5) is 4.59. The minimum atomic E-state index is -0.227. The first-order valence-electron chi connectivity index (χ1n) is 8.64. The maximum Gasteiger partial charge on any atom is 0.140 e. The predicted molar refractivity (Wildman–Crippen MR) is 102 cm³/mol. The van der Waals surface area contributed by atoms with E-state index in [4.69, 9.17) is 0 Å². The van der Waals surface area contributed by atoms with Crippen LogP contribution in [0, 0.1) is 25.1 Å². The normalized spacial score (nSPS) is 11.8. The SMILES string of the molecule is Cc1cccc(C)c1-c1cc(F)ccc1-c1nccn1CC(C)(C)C. The second-order valence-corrected chi connectivity index (χ2v) is 7.90. The van der Waals surface area contributed by atoms with Gasteiger partial charge < -0.3 is 4.57 Å². The number of hydrogen-bond donors (Lipinski definition) is 0. The van der Waals surface area contributed by atoms with Crippen molar-refractivity contribution in [1.82, 2.24) is 9.55 Å². The monoisotopic (exact) mass is 336 g/mol. The van der Waals surface area contributed by atoms with Gasteiger partial charge in [0.2, 0.25) is 0 Å². The number of halogens is 1. The lowest BCUT2D eigenvalue weighted by Crippen LogP contribution is -2.15. The summed E-state index contributed by atoms with van der Waals surface area (Å²) in [6.45, 7) is 11.6. The average Bonchev–Trinajstić information content (AvgIpc) is 2.93. The third kappa shape index (κ3) is 3.65. The minimum absolute atomic E-state index is 0.133. The Hall–Kier alpha value is -2.42. The molecular weight excluding hydrogens is 311 g/mol. The Bertz CT molecular complexity index is 880. The van der Waals surface area contributed by atoms with Gasteiger partial charge in [0, 0.05) is 24.5 Å². The van der Waals surface area contributed by atoms with E-state index in [1.165, 1.54) is 6.07 Å². The lowest BCUT2D eigenvalue weighted by molar-refractivity contribution is 0.345. The third-order valence-corrected chi connectivity index (χ3v) is 4.33. The van der Waals surface area contributed by atoms with Crippen LogP contribution < -0.4 is 0 Å². The minimum Gasteiger partial charge on any atom is -0.330 e. The van der Waals surface area contributed by atoms with Crippen LogP contribution in [0.15, 0.2) is 48.8 Å². The highest BCUT2D eigenvalue weighted by atomic mass is 19.1. The number of hydrogen-bond acceptors (Lipinski definition) is 1. The zero-order valence-corrected chi connectivity index (χ0v) is 15.6. The van der Waals surface area contributed by atoms with Crippen molar-refractivity contribution in [1.29, 1.82) is 0 Å². The van der Waals surface area contributed by atoms with Gasteiger partial charge in [-0.1, -0.05) is 39.0 Å². The number of benzene rings is 2. The van der Waals surface area contributed by atoms with Crippen molar-refractivity contribution >= 4 is 0 Å². The highest BCUT2D eigenvalue weighted by molar-refractivity contribution is 5.84. The molecule has 0 bridgehead atoms. The van der Waals surface area contributed by atoms with E-state index < -0.39 is 0 Å². The van der Waals surface area contributed by atoms with Crippen LogP contribution in [-0.2, 0) is 6.54 Å². The molecule has 0 amide bonds. The molecule has 1 aromatic heterocycles. The Labute approximate surface area is 149 Å². The van der Waals surface area contributed by atoms with Crippen LogP contribution in [0.4, 0.5) is 4.39 Å². The topological polar surface area (TPSA) is 17.8 Å². The number of nitrogens with zero attached hydrogens (tertiary/aromatic N) is 2. The lowest BCUT2D eigenvalue weighted by atomic mass is 9.91. The molecule has 2 nitrogen and oxygen atoms in total. The molecule has 0 unspecified atom stereocenters. The fraction of sp³-hybridized carbons (Fsp3) is 0.318. The molecule has 0 radical (unpaired) electrons. The summed E-state index contributed by atoms with van der Waals surface area (Å²) >= 11 is 0. The molecule has 0 N–H and O–H groups in total. The molecule has 1 heterocycles. The predicted octanol–water partition coefficient (Wildman–Crippen LogP) is 6.02. The number of rotatable bonds is 3. The summed E-state index contributed by atoms with van der Waals surface area (Å²) < 4.78 is 16.2. The molecule has 0 aliphatic heterocycles. The van der Waals surface area contributed by atoms with E-state index >= 15 is 0 Å². The van der Waals surface area contributed by atoms with E-state index in [2.05, 4.69) is 56.3 Å². The van der Waals surface area contributed by atoms with E-state index in [9.17, 15) is 4.39 Å². The van der Waals surface area contributed by atoms with E-state index in [1.54, 1.807) is 6.07 Å². The fourth-order valence-electron chi connectivity index (χ4n) is 3.35. The molecule has 25 heavy (non-hydrogen) atoms. The van der Waals surface area contributed by atoms with E-state index in [-0.39, 0.29) is 11.2 Å². The largest absolute Gasteiger partial charge is 0.330 e. The number of imidazole rings is 1. The third-order valence-electron chi connectivity index (χ3n) is 4.33. The van der Waals surface area contributed by atoms with Gasteiger partial charge in [0.05, 0.1) is 0 Å². The number of aromatic nitrogens is 2. The maximum atomic E-state index is 14.1. The van der Waals surface area contributed by atoms with Gasteiger partial charge in [-0.3, -0.25) is 0 Å². The molecular formula is C22H25FN2. The van der Waals surface area contributed by atoms with Gasteiger partial charge >= 0.3 is 0 Å². The van der Waals surface area contributed by atoms with E-state index in [1.807, 2.05) is 24.5 Å². The Kier molecular flexibility index (Phi) is 4.51. The second-order valence-electron chi connectivity index (χ2n) is 7.90. The molecule has 0 aliphatic rings. The first-order chi connectivity index (χ1) is 11.8. The first-order valence-corrected chi connectivity index (χ1v) is 8.64. The summed E-state index contributed by atoms with van der Waals surface area (Å²) in [6.07, 6.45) is 3.82. The zero-order valence-electron chi connectivity index (χ0n) is 15.6. The van der Waals surface area contributed by atoms with Crippen molar-refractivity contribution in [3.63, 3.8) is 0 Å². The first kappa shape index (κ1) is 17.4. The lowest BCUT2D eigenvalue weighted by Gasteiger charge is -2.21. The highest BCUT2D eigenvalue weighted by Gasteiger charge is 2.19. The highest BCUT2D eigenvalue weighted by Crippen LogP contribution is 2.36. The molecule has 3 heteroatoms. The summed E-state index contributed by atoms with van der Waals surface area (Å²) in [5.41, 5.74) is 5.36. The van der Waals surface area contributed by atoms with Crippen LogP contribution in [-0.4, -0.2) is 9.55 Å². The van der Waals surface area contributed by atoms with Crippen LogP contribution in [0.1, 0.15) is 31.9 Å². The van der Waals surface area contributed by atoms with Gasteiger partial charge in [-0.2, -0.15) is 0 Å². The molecule has 0 atom stereocenters. The van der Waals surface area contributed by atoms with Crippen molar-refractivity contribution in [3.8, 4) is 22.5 Å². The Morgan fingerprint density at radius 3 is 2.32 bits per heavy atom. The van der Waals surface area contributed by atoms with Gasteiger partial charge in [-0.05, 0) is 59.7 Å². The molecule has 0 fully saturated rings. The maximum absolute atomic E-state index is 14.1. The van der Waals surface area contributed by atoms with E-state index in [0.29, 0.717) is 0 Å². The Morgan fingerprint density at radius 1 is 1.00 bits per heavy atom. The van der Waals surface area contributed by atoms with Gasteiger partial charge in [-0.15, -0.1) is 0 Å². The van der Waals surface area contributed by atoms with Crippen molar-refractivity contribution in [2.45, 2.75) is 41.2 Å². The summed E-state index contributed by atoms with van der Waals surface area (Å²) in [5, 5.41) is 0. The molecule has 0 saturated heterocycles. The molecule has 0 spiro atoms. The Morgan fingerprint density at radius 2 is 1.68 bits per heavy atom. The van der Waals surface area contributed by atoms with Gasteiger partial charge in [0.15, 0.2) is 0 Å². The van der Waals surface area contributed by atoms with Crippen molar-refractivity contribution < 1.29 is 4.39 Å². The molecule has 2 aromatic carbocycles. The molecule has 130 valence electrons. The molecule has 0 aliphatic carbocycles. The van der Waals surface area contributed by atoms with Crippen LogP contribution in [0.25, 0.3) is 22.5 Å². The van der Waals surface area contributed by atoms with Crippen molar-refractivity contribution in [2.24, 2.45) is 5.41 Å². The summed E-state index contributed by atoms with van der Waals surface area (Å²) in [6, 6.07) is 11.2. The summed E-state index contributed by atoms with van der Waals surface area (Å²) in [5.74, 6) is 0.655. The van der Waals surface area contributed by atoms with Crippen LogP contribution in [0.5, 0.6) is 0 Å². The second kappa shape index (κ2) is 6.47. The van der Waals surface area contributed by atoms with Crippen LogP contribution >= 0.6 is 0 Å². The van der Waals surface area contributed by atoms with Crippen molar-refractivity contribution in [2.75, 3.05) is 0 Å². The number of aryl methyl sites for hydroxylation is 2. The standard InChI is InChI=1S/C22H25FN2/c1-15-7-6-8-16(2)20(15)19-13-17(23)9-10-18(19)21-24-11-12-25(21)14-22(3,4)5/h6-13H,14H2,1-5H3. The van der Waals surface area contributed by atoms with Crippen LogP contribution in [0.3, 0.4) is 0 Å². The van der Waals surface area contributed by atoms with Gasteiger partial charge in [0.25, 0.3) is 0 Å². The molecule has 3 rings (SSSR count). The van der Waals surface area contributed by atoms with Gasteiger partial charge in [-0.25, -0.2) is 9.37 Å².